The number of hydrogen-bond donors (Lipinski definition) is 2. The van der Waals surface area contributed by atoms with Crippen LogP contribution in [0.4, 0.5) is 13.2 Å². The number of alkyl halides is 3. The molecule has 1 heterocycles. The zero-order valence-electron chi connectivity index (χ0n) is 11.0. The van der Waals surface area contributed by atoms with Crippen LogP contribution in [-0.4, -0.2) is 22.4 Å². The van der Waals surface area contributed by atoms with Crippen molar-refractivity contribution in [3.05, 3.63) is 39.7 Å². The van der Waals surface area contributed by atoms with Gasteiger partial charge in [0, 0.05) is 11.5 Å². The van der Waals surface area contributed by atoms with E-state index in [4.69, 9.17) is 5.11 Å². The van der Waals surface area contributed by atoms with Gasteiger partial charge in [0.2, 0.25) is 0 Å². The Kier molecular flexibility index (Phi) is 3.12. The van der Waals surface area contributed by atoms with Gasteiger partial charge in [-0.1, -0.05) is 0 Å². The number of carboxylic acid groups (broad SMARTS) is 1. The van der Waals surface area contributed by atoms with Gasteiger partial charge in [0.15, 0.2) is 11.2 Å². The molecule has 2 aromatic rings. The molecule has 0 aliphatic heterocycles. The van der Waals surface area contributed by atoms with Gasteiger partial charge in [0.05, 0.1) is 5.52 Å². The van der Waals surface area contributed by atoms with Crippen molar-refractivity contribution in [2.45, 2.75) is 25.1 Å². The Bertz CT molecular complexity index is 821. The first kappa shape index (κ1) is 14.4. The molecule has 5 nitrogen and oxygen atoms in total. The van der Waals surface area contributed by atoms with Crippen molar-refractivity contribution in [2.75, 3.05) is 0 Å². The smallest absolute Gasteiger partial charge is 0.477 e. The topological polar surface area (TPSA) is 79.4 Å². The summed E-state index contributed by atoms with van der Waals surface area (Å²) in [5.74, 6) is -1.92. The molecule has 8 heteroatoms. The first-order chi connectivity index (χ1) is 10.2. The highest BCUT2D eigenvalue weighted by molar-refractivity contribution is 5.92. The van der Waals surface area contributed by atoms with Crippen LogP contribution in [0, 0.1) is 0 Å². The molecule has 22 heavy (non-hydrogen) atoms. The van der Waals surface area contributed by atoms with Crippen molar-refractivity contribution in [3.63, 3.8) is 0 Å². The zero-order chi connectivity index (χ0) is 16.1. The van der Waals surface area contributed by atoms with E-state index < -0.39 is 29.2 Å². The first-order valence-electron chi connectivity index (χ1n) is 6.44. The second-order valence-corrected chi connectivity index (χ2v) is 5.12. The summed E-state index contributed by atoms with van der Waals surface area (Å²) in [5, 5.41) is 8.89. The number of nitrogens with one attached hydrogen (secondary N) is 1. The minimum Gasteiger partial charge on any atom is -0.477 e. The number of carbonyl (C=O) groups is 1. The van der Waals surface area contributed by atoms with Crippen molar-refractivity contribution < 1.29 is 27.8 Å². The molecule has 0 atom stereocenters. The van der Waals surface area contributed by atoms with E-state index in [1.165, 1.54) is 12.1 Å². The molecule has 116 valence electrons. The molecule has 0 unspecified atom stereocenters. The number of benzene rings is 1. The predicted molar refractivity (Wildman–Crippen MR) is 70.2 cm³/mol. The fraction of sp³-hybridized carbons (Fsp3) is 0.286. The lowest BCUT2D eigenvalue weighted by Crippen LogP contribution is -2.19. The van der Waals surface area contributed by atoms with Crippen LogP contribution in [0.3, 0.4) is 0 Å². The van der Waals surface area contributed by atoms with Crippen molar-refractivity contribution in [1.29, 1.82) is 0 Å². The van der Waals surface area contributed by atoms with Gasteiger partial charge in [-0.15, -0.1) is 13.2 Å². The number of aromatic carboxylic acids is 1. The number of pyridine rings is 1. The maximum Gasteiger partial charge on any atom is 0.573 e. The minimum atomic E-state index is -4.94. The van der Waals surface area contributed by atoms with Crippen LogP contribution >= 0.6 is 0 Å². The Morgan fingerprint density at radius 1 is 1.27 bits per heavy atom. The van der Waals surface area contributed by atoms with E-state index in [1.807, 2.05) is 0 Å². The van der Waals surface area contributed by atoms with Gasteiger partial charge < -0.3 is 14.8 Å². The number of aromatic nitrogens is 1. The average molecular weight is 313 g/mol. The fourth-order valence-electron chi connectivity index (χ4n) is 2.31. The lowest BCUT2D eigenvalue weighted by Gasteiger charge is -2.13. The molecule has 2 N–H and O–H groups in total. The molecule has 1 aromatic heterocycles. The third-order valence-corrected chi connectivity index (χ3v) is 3.43. The standard InChI is InChI=1S/C14H10F3NO4/c15-14(16,17)22-11-4-7(6-1-2-6)3-8-10(19)5-9(13(20)21)18-12(8)11/h3-6H,1-2H2,(H,18,19)(H,20,21). The summed E-state index contributed by atoms with van der Waals surface area (Å²) in [6, 6.07) is 3.54. The van der Waals surface area contributed by atoms with Gasteiger partial charge in [-0.3, -0.25) is 4.79 Å². The van der Waals surface area contributed by atoms with Crippen LogP contribution in [0.25, 0.3) is 10.9 Å². The van der Waals surface area contributed by atoms with E-state index in [0.717, 1.165) is 18.9 Å². The maximum absolute atomic E-state index is 12.5. The SMILES string of the molecule is O=C(O)c1cc(=O)c2cc(C3CC3)cc(OC(F)(F)F)c2[nH]1. The molecule has 0 bridgehead atoms. The molecular formula is C14H10F3NO4. The van der Waals surface area contributed by atoms with Crippen LogP contribution in [0.2, 0.25) is 0 Å². The molecule has 1 saturated carbocycles. The van der Waals surface area contributed by atoms with Crippen LogP contribution < -0.4 is 10.2 Å². The third kappa shape index (κ3) is 2.76. The van der Waals surface area contributed by atoms with E-state index in [1.54, 1.807) is 0 Å². The normalized spacial score (nSPS) is 15.0. The Balaban J connectivity index is 2.27. The van der Waals surface area contributed by atoms with Gasteiger partial charge in [-0.25, -0.2) is 4.79 Å². The van der Waals surface area contributed by atoms with E-state index in [0.29, 0.717) is 5.56 Å². The van der Waals surface area contributed by atoms with Gasteiger partial charge in [-0.05, 0) is 36.5 Å². The summed E-state index contributed by atoms with van der Waals surface area (Å²) in [6.07, 6.45) is -3.27. The average Bonchev–Trinajstić information content (AvgIpc) is 3.21. The molecular weight excluding hydrogens is 303 g/mol. The van der Waals surface area contributed by atoms with Gasteiger partial charge >= 0.3 is 12.3 Å². The van der Waals surface area contributed by atoms with Gasteiger partial charge in [-0.2, -0.15) is 0 Å². The minimum absolute atomic E-state index is 0.0198. The quantitative estimate of drug-likeness (QED) is 0.913. The lowest BCUT2D eigenvalue weighted by atomic mass is 10.1. The number of fused-ring (bicyclic) bond motifs is 1. The van der Waals surface area contributed by atoms with Gasteiger partial charge in [0.25, 0.3) is 0 Å². The number of carboxylic acids is 1. The highest BCUT2D eigenvalue weighted by Crippen LogP contribution is 2.43. The summed E-state index contributed by atoms with van der Waals surface area (Å²) in [4.78, 5) is 25.3. The highest BCUT2D eigenvalue weighted by Gasteiger charge is 2.33. The summed E-state index contributed by atoms with van der Waals surface area (Å²) in [6.45, 7) is 0. The molecule has 0 saturated heterocycles. The Morgan fingerprint density at radius 3 is 2.50 bits per heavy atom. The predicted octanol–water partition coefficient (Wildman–Crippen LogP) is 3.00. The Morgan fingerprint density at radius 2 is 1.95 bits per heavy atom. The first-order valence-corrected chi connectivity index (χ1v) is 6.44. The van der Waals surface area contributed by atoms with E-state index in [-0.39, 0.29) is 16.8 Å². The van der Waals surface area contributed by atoms with E-state index in [2.05, 4.69) is 9.72 Å². The van der Waals surface area contributed by atoms with Crippen LogP contribution in [0.15, 0.2) is 23.0 Å². The molecule has 1 aliphatic carbocycles. The third-order valence-electron chi connectivity index (χ3n) is 3.43. The number of hydrogen-bond acceptors (Lipinski definition) is 3. The zero-order valence-corrected chi connectivity index (χ0v) is 11.0. The summed E-state index contributed by atoms with van der Waals surface area (Å²) in [5.41, 5.74) is -0.851. The second kappa shape index (κ2) is 4.75. The summed E-state index contributed by atoms with van der Waals surface area (Å²) < 4.78 is 41.6. The highest BCUT2D eigenvalue weighted by atomic mass is 19.4. The van der Waals surface area contributed by atoms with Crippen molar-refractivity contribution >= 4 is 16.9 Å². The van der Waals surface area contributed by atoms with Gasteiger partial charge in [0.1, 0.15) is 5.69 Å². The maximum atomic E-state index is 12.5. The van der Waals surface area contributed by atoms with Crippen LogP contribution in [0.5, 0.6) is 5.75 Å². The Hall–Kier alpha value is -2.51. The molecule has 1 fully saturated rings. The van der Waals surface area contributed by atoms with E-state index >= 15 is 0 Å². The number of ether oxygens (including phenoxy) is 1. The Labute approximate surface area is 121 Å². The summed E-state index contributed by atoms with van der Waals surface area (Å²) in [7, 11) is 0. The van der Waals surface area contributed by atoms with Crippen LogP contribution in [-0.2, 0) is 0 Å². The summed E-state index contributed by atoms with van der Waals surface area (Å²) >= 11 is 0. The second-order valence-electron chi connectivity index (χ2n) is 5.12. The van der Waals surface area contributed by atoms with Crippen molar-refractivity contribution in [3.8, 4) is 5.75 Å². The molecule has 3 rings (SSSR count). The van der Waals surface area contributed by atoms with Crippen LogP contribution in [0.1, 0.15) is 34.8 Å². The lowest BCUT2D eigenvalue weighted by molar-refractivity contribution is -0.274. The largest absolute Gasteiger partial charge is 0.573 e. The molecule has 0 spiro atoms. The van der Waals surface area contributed by atoms with E-state index in [9.17, 15) is 22.8 Å². The van der Waals surface area contributed by atoms with Crippen molar-refractivity contribution in [2.24, 2.45) is 0 Å². The van der Waals surface area contributed by atoms with Crippen molar-refractivity contribution in [1.82, 2.24) is 4.98 Å². The monoisotopic (exact) mass is 313 g/mol. The molecule has 0 radical (unpaired) electrons. The number of halogens is 3. The number of aromatic amines is 1. The fourth-order valence-corrected chi connectivity index (χ4v) is 2.31. The molecule has 1 aromatic carbocycles. The number of H-pyrrole nitrogens is 1. The molecule has 1 aliphatic rings. The number of rotatable bonds is 3. The molecule has 0 amide bonds.